The van der Waals surface area contributed by atoms with E-state index >= 15 is 0 Å². The molecule has 0 N–H and O–H groups in total. The average molecular weight is 692 g/mol. The zero-order valence-electron chi connectivity index (χ0n) is 22.4. The van der Waals surface area contributed by atoms with E-state index in [4.69, 9.17) is 11.6 Å². The maximum Gasteiger partial charge on any atom is 0.0931 e. The van der Waals surface area contributed by atoms with E-state index in [-0.39, 0.29) is 0 Å². The second-order valence-corrected chi connectivity index (χ2v) is 15.5. The van der Waals surface area contributed by atoms with Crippen LogP contribution in [0.1, 0.15) is 99.4 Å². The summed E-state index contributed by atoms with van der Waals surface area (Å²) >= 11 is 17.8. The van der Waals surface area contributed by atoms with E-state index in [2.05, 4.69) is 128 Å². The van der Waals surface area contributed by atoms with Crippen LogP contribution in [0, 0.1) is 0 Å². The summed E-state index contributed by atoms with van der Waals surface area (Å²) in [5.41, 5.74) is 1.14. The Morgan fingerprint density at radius 2 is 1.25 bits per heavy atom. The van der Waals surface area contributed by atoms with Crippen molar-refractivity contribution in [3.63, 3.8) is 0 Å². The molecule has 0 aliphatic carbocycles. The topological polar surface area (TPSA) is 12.9 Å². The van der Waals surface area contributed by atoms with Gasteiger partial charge in [0.25, 0.3) is 0 Å². The molecule has 0 amide bonds. The van der Waals surface area contributed by atoms with Gasteiger partial charge >= 0.3 is 0 Å². The first-order chi connectivity index (χ1) is 16.9. The molecule has 0 unspecified atom stereocenters. The molecule has 0 aromatic carbocycles. The van der Waals surface area contributed by atoms with E-state index in [0.29, 0.717) is 23.7 Å². The molecule has 0 aliphatic heterocycles. The Bertz CT molecular complexity index is 1040. The maximum atomic E-state index is 5.72. The van der Waals surface area contributed by atoms with Crippen molar-refractivity contribution in [2.75, 3.05) is 0 Å². The Hall–Kier alpha value is -0.500. The third kappa shape index (κ3) is 13.9. The van der Waals surface area contributed by atoms with Gasteiger partial charge in [0.05, 0.1) is 8.12 Å². The number of hydrogen-bond donors (Lipinski definition) is 0. The van der Waals surface area contributed by atoms with Crippen molar-refractivity contribution in [2.24, 2.45) is 0 Å². The lowest BCUT2D eigenvalue weighted by Crippen LogP contribution is -1.89. The second-order valence-electron chi connectivity index (χ2n) is 9.32. The van der Waals surface area contributed by atoms with E-state index in [1.807, 2.05) is 47.1 Å². The van der Waals surface area contributed by atoms with Crippen molar-refractivity contribution in [1.29, 1.82) is 0 Å². The predicted octanol–water partition coefficient (Wildman–Crippen LogP) is 13.0. The first-order valence-electron chi connectivity index (χ1n) is 12.1. The lowest BCUT2D eigenvalue weighted by Gasteiger charge is -2.01. The van der Waals surface area contributed by atoms with Crippen molar-refractivity contribution in [3.8, 4) is 0 Å². The summed E-state index contributed by atoms with van der Waals surface area (Å²) in [4.78, 5) is 8.52. The highest BCUT2D eigenvalue weighted by molar-refractivity contribution is 9.11. The molecule has 4 heterocycles. The maximum absolute atomic E-state index is 5.72. The standard InChI is InChI=1S/C8H10BrN.C7H9BrS.C7H9ClS.C7H10S/c1-6(2)8-4-3-7(9)5-10-8;2*1-5(2)6-3-4-7(8)9-6;1-6(2)7-4-3-5-8-7/h3-6H,1-2H3;2*3-5H,1-2H3;3-6H,1-2H3. The van der Waals surface area contributed by atoms with E-state index in [9.17, 15) is 0 Å². The van der Waals surface area contributed by atoms with Crippen molar-refractivity contribution in [1.82, 2.24) is 4.98 Å². The highest BCUT2D eigenvalue weighted by Gasteiger charge is 2.01. The van der Waals surface area contributed by atoms with Gasteiger partial charge in [0.2, 0.25) is 0 Å². The molecular formula is C29H38Br2ClNS3. The molecule has 198 valence electrons. The molecule has 0 spiro atoms. The lowest BCUT2D eigenvalue weighted by molar-refractivity contribution is 0.822. The van der Waals surface area contributed by atoms with Gasteiger partial charge in [-0.05, 0) is 103 Å². The normalized spacial score (nSPS) is 10.5. The van der Waals surface area contributed by atoms with Crippen LogP contribution in [-0.2, 0) is 0 Å². The van der Waals surface area contributed by atoms with Crippen molar-refractivity contribution >= 4 is 77.5 Å². The van der Waals surface area contributed by atoms with Gasteiger partial charge in [-0.15, -0.1) is 34.0 Å². The molecule has 1 nitrogen and oxygen atoms in total. The van der Waals surface area contributed by atoms with Crippen LogP contribution in [0.15, 0.2) is 68.4 Å². The van der Waals surface area contributed by atoms with Crippen LogP contribution in [0.4, 0.5) is 0 Å². The quantitative estimate of drug-likeness (QED) is 0.208. The molecule has 0 saturated heterocycles. The number of rotatable bonds is 4. The fraction of sp³-hybridized carbons (Fsp3) is 0.414. The van der Waals surface area contributed by atoms with Crippen LogP contribution in [0.5, 0.6) is 0 Å². The third-order valence-electron chi connectivity index (χ3n) is 4.78. The number of thiophene rings is 3. The monoisotopic (exact) mass is 689 g/mol. The highest BCUT2D eigenvalue weighted by Crippen LogP contribution is 2.28. The minimum atomic E-state index is 0.521. The van der Waals surface area contributed by atoms with Gasteiger partial charge in [-0.25, -0.2) is 0 Å². The minimum absolute atomic E-state index is 0.521. The van der Waals surface area contributed by atoms with Crippen LogP contribution in [0.2, 0.25) is 4.34 Å². The van der Waals surface area contributed by atoms with Gasteiger partial charge in [-0.1, -0.05) is 73.1 Å². The molecule has 4 aromatic heterocycles. The van der Waals surface area contributed by atoms with Crippen LogP contribution in [0.25, 0.3) is 0 Å². The second kappa shape index (κ2) is 17.9. The summed E-state index contributed by atoms with van der Waals surface area (Å²) < 4.78 is 3.15. The minimum Gasteiger partial charge on any atom is -0.260 e. The Kier molecular flexibility index (Phi) is 16.7. The van der Waals surface area contributed by atoms with Gasteiger partial charge in [0.15, 0.2) is 0 Å². The molecule has 0 fully saturated rings. The highest BCUT2D eigenvalue weighted by atomic mass is 79.9. The predicted molar refractivity (Wildman–Crippen MR) is 174 cm³/mol. The SMILES string of the molecule is CC(C)c1ccc(Br)cn1.CC(C)c1ccc(Br)s1.CC(C)c1ccc(Cl)s1.CC(C)c1cccs1. The number of halogens is 3. The Morgan fingerprint density at radius 1 is 0.667 bits per heavy atom. The summed E-state index contributed by atoms with van der Waals surface area (Å²) in [6.07, 6.45) is 1.83. The molecule has 36 heavy (non-hydrogen) atoms. The van der Waals surface area contributed by atoms with Gasteiger partial charge < -0.3 is 0 Å². The van der Waals surface area contributed by atoms with Crippen molar-refractivity contribution in [3.05, 3.63) is 93.0 Å². The van der Waals surface area contributed by atoms with E-state index in [1.54, 1.807) is 11.3 Å². The Balaban J connectivity index is 0.000000241. The van der Waals surface area contributed by atoms with Crippen LogP contribution >= 0.6 is 77.5 Å². The van der Waals surface area contributed by atoms with E-state index < -0.39 is 0 Å². The number of nitrogens with zero attached hydrogens (tertiary/aromatic N) is 1. The summed E-state index contributed by atoms with van der Waals surface area (Å²) in [5, 5.41) is 2.12. The zero-order valence-corrected chi connectivity index (χ0v) is 28.8. The third-order valence-corrected chi connectivity index (χ3v) is 9.88. The molecule has 7 heteroatoms. The summed E-state index contributed by atoms with van der Waals surface area (Å²) in [6, 6.07) is 16.6. The molecule has 4 rings (SSSR count). The Morgan fingerprint density at radius 3 is 1.53 bits per heavy atom. The first-order valence-corrected chi connectivity index (χ1v) is 16.5. The smallest absolute Gasteiger partial charge is 0.0931 e. The van der Waals surface area contributed by atoms with Gasteiger partial charge in [-0.3, -0.25) is 4.98 Å². The Labute approximate surface area is 252 Å². The summed E-state index contributed by atoms with van der Waals surface area (Å²) in [5.74, 6) is 2.51. The summed E-state index contributed by atoms with van der Waals surface area (Å²) in [6.45, 7) is 17.4. The number of aromatic nitrogens is 1. The van der Waals surface area contributed by atoms with E-state index in [1.165, 1.54) is 18.4 Å². The van der Waals surface area contributed by atoms with Crippen LogP contribution < -0.4 is 0 Å². The average Bonchev–Trinajstić information content (AvgIpc) is 3.57. The zero-order chi connectivity index (χ0) is 27.3. The molecule has 0 bridgehead atoms. The van der Waals surface area contributed by atoms with Crippen molar-refractivity contribution < 1.29 is 0 Å². The van der Waals surface area contributed by atoms with Crippen LogP contribution in [0.3, 0.4) is 0 Å². The largest absolute Gasteiger partial charge is 0.260 e. The lowest BCUT2D eigenvalue weighted by atomic mass is 10.1. The van der Waals surface area contributed by atoms with Gasteiger partial charge in [0.1, 0.15) is 0 Å². The number of pyridine rings is 1. The molecule has 0 atom stereocenters. The first kappa shape index (κ1) is 33.5. The molecular weight excluding hydrogens is 654 g/mol. The fourth-order valence-corrected chi connectivity index (χ4v) is 6.09. The van der Waals surface area contributed by atoms with Gasteiger partial charge in [0, 0.05) is 31.0 Å². The molecule has 0 aliphatic rings. The summed E-state index contributed by atoms with van der Waals surface area (Å²) in [7, 11) is 0. The molecule has 4 aromatic rings. The molecule has 0 radical (unpaired) electrons. The van der Waals surface area contributed by atoms with Crippen LogP contribution in [-0.4, -0.2) is 4.98 Å². The molecule has 0 saturated carbocycles. The van der Waals surface area contributed by atoms with Gasteiger partial charge in [-0.2, -0.15) is 0 Å². The van der Waals surface area contributed by atoms with E-state index in [0.717, 1.165) is 14.5 Å². The fourth-order valence-electron chi connectivity index (χ4n) is 2.63. The number of hydrogen-bond acceptors (Lipinski definition) is 4. The van der Waals surface area contributed by atoms with Crippen molar-refractivity contribution in [2.45, 2.75) is 79.1 Å².